The summed E-state index contributed by atoms with van der Waals surface area (Å²) >= 11 is 5.22. The number of unbranched alkanes of at least 4 members (excludes halogenated alkanes) is 1. The first-order chi connectivity index (χ1) is 10.2. The number of nitrogens with one attached hydrogen (secondary N) is 2. The maximum absolute atomic E-state index is 5.28. The second kappa shape index (κ2) is 7.98. The molecule has 0 radical (unpaired) electrons. The molecule has 0 bridgehead atoms. The number of nitrogens with zero attached hydrogens (tertiary/aromatic N) is 1. The Kier molecular flexibility index (Phi) is 5.99. The molecule has 0 aromatic heterocycles. The molecule has 0 atom stereocenters. The van der Waals surface area contributed by atoms with Gasteiger partial charge in [0.15, 0.2) is 5.11 Å². The normalized spacial score (nSPS) is 15.4. The molecule has 4 nitrogen and oxygen atoms in total. The van der Waals surface area contributed by atoms with Gasteiger partial charge in [-0.3, -0.25) is 5.43 Å². The van der Waals surface area contributed by atoms with Crippen molar-refractivity contribution in [3.05, 3.63) is 29.3 Å². The van der Waals surface area contributed by atoms with Crippen LogP contribution < -0.4 is 15.5 Å². The topological polar surface area (TPSA) is 45.7 Å². The van der Waals surface area contributed by atoms with Crippen molar-refractivity contribution in [3.8, 4) is 5.75 Å². The van der Waals surface area contributed by atoms with Crippen molar-refractivity contribution >= 4 is 23.0 Å². The summed E-state index contributed by atoms with van der Waals surface area (Å²) in [5, 5.41) is 8.23. The van der Waals surface area contributed by atoms with E-state index in [9.17, 15) is 0 Å². The summed E-state index contributed by atoms with van der Waals surface area (Å²) in [6.07, 6.45) is 5.42. The van der Waals surface area contributed by atoms with Crippen molar-refractivity contribution in [1.29, 1.82) is 0 Å². The van der Waals surface area contributed by atoms with Gasteiger partial charge in [-0.1, -0.05) is 13.3 Å². The average molecular weight is 305 g/mol. The van der Waals surface area contributed by atoms with Crippen LogP contribution in [0.2, 0.25) is 0 Å². The van der Waals surface area contributed by atoms with Crippen molar-refractivity contribution in [2.75, 3.05) is 13.7 Å². The first kappa shape index (κ1) is 15.8. The zero-order valence-corrected chi connectivity index (χ0v) is 13.6. The van der Waals surface area contributed by atoms with Crippen LogP contribution in [0.1, 0.15) is 43.7 Å². The summed E-state index contributed by atoms with van der Waals surface area (Å²) in [7, 11) is 1.70. The highest BCUT2D eigenvalue weighted by Crippen LogP contribution is 2.25. The number of thiocarbonyl (C=S) groups is 1. The molecule has 0 fully saturated rings. The Bertz CT molecular complexity index is 528. The van der Waals surface area contributed by atoms with Crippen molar-refractivity contribution in [3.63, 3.8) is 0 Å². The fourth-order valence-electron chi connectivity index (χ4n) is 2.42. The zero-order chi connectivity index (χ0) is 15.1. The highest BCUT2D eigenvalue weighted by Gasteiger charge is 2.16. The third-order valence-corrected chi connectivity index (χ3v) is 3.83. The van der Waals surface area contributed by atoms with Crippen molar-refractivity contribution in [1.82, 2.24) is 10.7 Å². The Morgan fingerprint density at radius 1 is 1.38 bits per heavy atom. The molecule has 0 heterocycles. The molecule has 0 amide bonds. The number of methoxy groups -OCH3 is 1. The van der Waals surface area contributed by atoms with E-state index >= 15 is 0 Å². The summed E-state index contributed by atoms with van der Waals surface area (Å²) in [6.45, 7) is 3.05. The number of aryl methyl sites for hydroxylation is 1. The highest BCUT2D eigenvalue weighted by molar-refractivity contribution is 7.80. The van der Waals surface area contributed by atoms with Gasteiger partial charge < -0.3 is 10.1 Å². The van der Waals surface area contributed by atoms with Crippen LogP contribution >= 0.6 is 12.2 Å². The van der Waals surface area contributed by atoms with Crippen molar-refractivity contribution in [2.24, 2.45) is 5.10 Å². The summed E-state index contributed by atoms with van der Waals surface area (Å²) in [4.78, 5) is 0. The number of benzene rings is 1. The summed E-state index contributed by atoms with van der Waals surface area (Å²) in [5.41, 5.74) is 6.52. The van der Waals surface area contributed by atoms with Gasteiger partial charge in [0, 0.05) is 12.1 Å². The smallest absolute Gasteiger partial charge is 0.186 e. The Hall–Kier alpha value is -1.62. The summed E-state index contributed by atoms with van der Waals surface area (Å²) in [6, 6.07) is 6.17. The van der Waals surface area contributed by atoms with Crippen LogP contribution in [0.25, 0.3) is 0 Å². The van der Waals surface area contributed by atoms with E-state index in [1.54, 1.807) is 7.11 Å². The lowest BCUT2D eigenvalue weighted by atomic mass is 9.90. The number of fused-ring (bicyclic) bond motifs is 1. The third-order valence-electron chi connectivity index (χ3n) is 3.59. The van der Waals surface area contributed by atoms with Crippen molar-refractivity contribution in [2.45, 2.75) is 39.0 Å². The minimum atomic E-state index is 0.594. The van der Waals surface area contributed by atoms with Gasteiger partial charge in [0.25, 0.3) is 0 Å². The van der Waals surface area contributed by atoms with Crippen LogP contribution in [0.15, 0.2) is 23.3 Å². The van der Waals surface area contributed by atoms with E-state index in [1.807, 2.05) is 6.07 Å². The molecule has 1 aromatic carbocycles. The van der Waals surface area contributed by atoms with E-state index in [-0.39, 0.29) is 0 Å². The molecule has 1 aliphatic carbocycles. The minimum absolute atomic E-state index is 0.594. The van der Waals surface area contributed by atoms with E-state index < -0.39 is 0 Å². The van der Waals surface area contributed by atoms with Crippen LogP contribution in [-0.2, 0) is 6.42 Å². The van der Waals surface area contributed by atoms with Gasteiger partial charge >= 0.3 is 0 Å². The zero-order valence-electron chi connectivity index (χ0n) is 12.7. The first-order valence-corrected chi connectivity index (χ1v) is 7.93. The van der Waals surface area contributed by atoms with Gasteiger partial charge in [-0.2, -0.15) is 5.10 Å². The second-order valence-electron chi connectivity index (χ2n) is 5.16. The fourth-order valence-corrected chi connectivity index (χ4v) is 2.57. The minimum Gasteiger partial charge on any atom is -0.497 e. The van der Waals surface area contributed by atoms with Gasteiger partial charge in [0.1, 0.15) is 5.75 Å². The van der Waals surface area contributed by atoms with Crippen LogP contribution in [0.5, 0.6) is 5.75 Å². The van der Waals surface area contributed by atoms with E-state index in [0.29, 0.717) is 5.11 Å². The lowest BCUT2D eigenvalue weighted by Gasteiger charge is -2.19. The Labute approximate surface area is 132 Å². The molecule has 0 saturated carbocycles. The summed E-state index contributed by atoms with van der Waals surface area (Å²) in [5.74, 6) is 0.903. The standard InChI is InChI=1S/C16H23N3OS/c1-3-4-10-17-16(21)19-18-15-7-5-6-12-11-13(20-2)8-9-14(12)15/h8-9,11H,3-7,10H2,1-2H3,(H2,17,19,21)/b18-15-. The average Bonchev–Trinajstić information content (AvgIpc) is 2.52. The molecule has 21 heavy (non-hydrogen) atoms. The maximum Gasteiger partial charge on any atom is 0.186 e. The molecule has 2 N–H and O–H groups in total. The molecule has 0 unspecified atom stereocenters. The Balaban J connectivity index is 2.02. The van der Waals surface area contributed by atoms with Gasteiger partial charge in [-0.25, -0.2) is 0 Å². The molecule has 1 aliphatic rings. The molecule has 0 saturated heterocycles. The molecular formula is C16H23N3OS. The first-order valence-electron chi connectivity index (χ1n) is 7.52. The van der Waals surface area contributed by atoms with Gasteiger partial charge in [-0.15, -0.1) is 0 Å². The number of hydrogen-bond donors (Lipinski definition) is 2. The van der Waals surface area contributed by atoms with E-state index in [1.165, 1.54) is 11.1 Å². The monoisotopic (exact) mass is 305 g/mol. The van der Waals surface area contributed by atoms with Crippen molar-refractivity contribution < 1.29 is 4.74 Å². The van der Waals surface area contributed by atoms with Gasteiger partial charge in [0.2, 0.25) is 0 Å². The second-order valence-corrected chi connectivity index (χ2v) is 5.56. The van der Waals surface area contributed by atoms with Gasteiger partial charge in [-0.05, 0) is 61.7 Å². The lowest BCUT2D eigenvalue weighted by molar-refractivity contribution is 0.414. The maximum atomic E-state index is 5.28. The van der Waals surface area contributed by atoms with Crippen LogP contribution in [0.4, 0.5) is 0 Å². The van der Waals surface area contributed by atoms with E-state index in [0.717, 1.165) is 50.1 Å². The number of ether oxygens (including phenoxy) is 1. The molecule has 0 aliphatic heterocycles. The molecule has 114 valence electrons. The fraction of sp³-hybridized carbons (Fsp3) is 0.500. The largest absolute Gasteiger partial charge is 0.497 e. The predicted octanol–water partition coefficient (Wildman–Crippen LogP) is 3.00. The Morgan fingerprint density at radius 2 is 2.24 bits per heavy atom. The molecular weight excluding hydrogens is 282 g/mol. The van der Waals surface area contributed by atoms with Crippen LogP contribution in [0.3, 0.4) is 0 Å². The van der Waals surface area contributed by atoms with E-state index in [4.69, 9.17) is 17.0 Å². The number of hydrazone groups is 1. The van der Waals surface area contributed by atoms with Crippen LogP contribution in [0, 0.1) is 0 Å². The molecule has 0 spiro atoms. The number of hydrogen-bond acceptors (Lipinski definition) is 3. The molecule has 2 rings (SSSR count). The molecule has 1 aromatic rings. The number of rotatable bonds is 5. The Morgan fingerprint density at radius 3 is 3.00 bits per heavy atom. The molecule has 5 heteroatoms. The van der Waals surface area contributed by atoms with Crippen LogP contribution in [-0.4, -0.2) is 24.5 Å². The third kappa shape index (κ3) is 4.43. The SMILES string of the molecule is CCCCNC(=S)N/N=C1/CCCc2cc(OC)ccc21. The predicted molar refractivity (Wildman–Crippen MR) is 91.1 cm³/mol. The highest BCUT2D eigenvalue weighted by atomic mass is 32.1. The van der Waals surface area contributed by atoms with Gasteiger partial charge in [0.05, 0.1) is 12.8 Å². The lowest BCUT2D eigenvalue weighted by Crippen LogP contribution is -2.33. The van der Waals surface area contributed by atoms with E-state index in [2.05, 4.69) is 34.9 Å². The summed E-state index contributed by atoms with van der Waals surface area (Å²) < 4.78 is 5.28. The quantitative estimate of drug-likeness (QED) is 0.499.